The summed E-state index contributed by atoms with van der Waals surface area (Å²) in [6.07, 6.45) is 0.372. The lowest BCUT2D eigenvalue weighted by Gasteiger charge is -2.26. The predicted molar refractivity (Wildman–Crippen MR) is 148 cm³/mol. The van der Waals surface area contributed by atoms with Crippen LogP contribution in [0.1, 0.15) is 41.3 Å². The summed E-state index contributed by atoms with van der Waals surface area (Å²) < 4.78 is 44.2. The minimum atomic E-state index is -0.927. The number of ether oxygens (including phenoxy) is 3. The summed E-state index contributed by atoms with van der Waals surface area (Å²) >= 11 is 0.975. The maximum atomic E-state index is 14.0. The van der Waals surface area contributed by atoms with Crippen molar-refractivity contribution in [1.29, 1.82) is 0 Å². The number of carbonyl (C=O) groups excluding carboxylic acids is 2. The van der Waals surface area contributed by atoms with Crippen LogP contribution in [-0.4, -0.2) is 37.7 Å². The number of nitrogens with one attached hydrogen (secondary N) is 2. The average Bonchev–Trinajstić information content (AvgIpc) is 3.23. The number of imide groups is 1. The van der Waals surface area contributed by atoms with Gasteiger partial charge in [0, 0.05) is 6.04 Å². The number of carbonyl (C=O) groups is 2. The highest BCUT2D eigenvalue weighted by Crippen LogP contribution is 2.41. The maximum absolute atomic E-state index is 14.0. The first-order valence-corrected chi connectivity index (χ1v) is 12.7. The van der Waals surface area contributed by atoms with E-state index in [9.17, 15) is 18.4 Å². The molecule has 3 unspecified atom stereocenters. The van der Waals surface area contributed by atoms with Gasteiger partial charge in [-0.2, -0.15) is 0 Å². The van der Waals surface area contributed by atoms with Gasteiger partial charge in [-0.1, -0.05) is 42.1 Å². The normalized spacial score (nSPS) is 16.2. The Bertz CT molecular complexity index is 1330. The monoisotopic (exact) mass is 578 g/mol. The fraction of sp³-hybridized carbons (Fsp3) is 0.286. The molecule has 1 aliphatic heterocycles. The van der Waals surface area contributed by atoms with E-state index in [1.54, 1.807) is 0 Å². The highest BCUT2D eigenvalue weighted by atomic mass is 35.5. The highest BCUT2D eigenvalue weighted by molar-refractivity contribution is 8.15. The van der Waals surface area contributed by atoms with Crippen molar-refractivity contribution in [2.45, 2.75) is 30.7 Å². The fourth-order valence-corrected chi connectivity index (χ4v) is 5.28. The van der Waals surface area contributed by atoms with Crippen molar-refractivity contribution in [2.75, 3.05) is 21.3 Å². The molecule has 1 fully saturated rings. The van der Waals surface area contributed by atoms with E-state index in [0.717, 1.165) is 34.5 Å². The quantitative estimate of drug-likeness (QED) is 0.317. The molecule has 0 aliphatic carbocycles. The van der Waals surface area contributed by atoms with Crippen LogP contribution in [0.4, 0.5) is 13.6 Å². The molecule has 3 atom stereocenters. The molecule has 2 N–H and O–H groups in total. The van der Waals surface area contributed by atoms with Gasteiger partial charge in [-0.05, 0) is 59.9 Å². The first kappa shape index (κ1) is 30.2. The van der Waals surface area contributed by atoms with Crippen LogP contribution in [0.2, 0.25) is 0 Å². The van der Waals surface area contributed by atoms with E-state index in [1.165, 1.54) is 33.5 Å². The van der Waals surface area contributed by atoms with Crippen LogP contribution < -0.4 is 24.8 Å². The van der Waals surface area contributed by atoms with Crippen LogP contribution in [0, 0.1) is 11.6 Å². The standard InChI is InChI=1S/C28H28F2N2O5S.ClH/c1-15(17-8-9-20(29)21(30)12-17)31-25(19-13-22(35-2)26(37-4)23(14-19)36-3)18-7-5-6-16(10-18)11-24-27(33)32-28(34)38-24;/h5-10,12-15,24-25,31H,11H2,1-4H3,(H,32,33,34);1H. The van der Waals surface area contributed by atoms with Crippen molar-refractivity contribution in [2.24, 2.45) is 0 Å². The molecule has 3 aromatic rings. The largest absolute Gasteiger partial charge is 0.493 e. The summed E-state index contributed by atoms with van der Waals surface area (Å²) in [6, 6.07) is 14.3. The molecule has 39 heavy (non-hydrogen) atoms. The number of benzene rings is 3. The number of rotatable bonds is 10. The van der Waals surface area contributed by atoms with Gasteiger partial charge in [-0.3, -0.25) is 20.2 Å². The zero-order chi connectivity index (χ0) is 27.4. The second-order valence-electron chi connectivity index (χ2n) is 8.79. The van der Waals surface area contributed by atoms with Crippen LogP contribution >= 0.6 is 24.2 Å². The third-order valence-electron chi connectivity index (χ3n) is 6.35. The van der Waals surface area contributed by atoms with E-state index < -0.39 is 22.9 Å². The van der Waals surface area contributed by atoms with Gasteiger partial charge in [0.05, 0.1) is 32.6 Å². The zero-order valence-corrected chi connectivity index (χ0v) is 23.4. The lowest BCUT2D eigenvalue weighted by molar-refractivity contribution is -0.118. The van der Waals surface area contributed by atoms with Crippen LogP contribution in [0.25, 0.3) is 0 Å². The SMILES string of the molecule is COc1cc(C(NC(C)c2ccc(F)c(F)c2)c2cccc(CC3SC(=O)NC3=O)c2)cc(OC)c1OC.Cl. The van der Waals surface area contributed by atoms with Gasteiger partial charge in [0.2, 0.25) is 11.7 Å². The molecule has 0 spiro atoms. The number of hydrogen-bond donors (Lipinski definition) is 2. The molecular weight excluding hydrogens is 550 g/mol. The second-order valence-corrected chi connectivity index (χ2v) is 9.96. The summed E-state index contributed by atoms with van der Waals surface area (Å²) in [5.41, 5.74) is 3.05. The molecule has 3 aromatic carbocycles. The Balaban J connectivity index is 0.00000420. The molecule has 1 aliphatic rings. The Morgan fingerprint density at radius 3 is 2.15 bits per heavy atom. The fourth-order valence-electron chi connectivity index (χ4n) is 4.42. The predicted octanol–water partition coefficient (Wildman–Crippen LogP) is 5.75. The van der Waals surface area contributed by atoms with E-state index in [0.29, 0.717) is 29.2 Å². The first-order valence-electron chi connectivity index (χ1n) is 11.8. The Labute approximate surface area is 236 Å². The number of hydrogen-bond acceptors (Lipinski definition) is 7. The molecule has 208 valence electrons. The van der Waals surface area contributed by atoms with E-state index >= 15 is 0 Å². The smallest absolute Gasteiger partial charge is 0.286 e. The number of halogens is 3. The Morgan fingerprint density at radius 1 is 0.897 bits per heavy atom. The van der Waals surface area contributed by atoms with Gasteiger partial charge in [-0.15, -0.1) is 12.4 Å². The third-order valence-corrected chi connectivity index (χ3v) is 7.33. The molecule has 1 heterocycles. The van der Waals surface area contributed by atoms with Gasteiger partial charge >= 0.3 is 0 Å². The molecule has 0 saturated carbocycles. The summed E-state index contributed by atoms with van der Waals surface area (Å²) in [5, 5.41) is 4.96. The second kappa shape index (κ2) is 13.1. The van der Waals surface area contributed by atoms with Crippen LogP contribution in [0.5, 0.6) is 17.2 Å². The van der Waals surface area contributed by atoms with Crippen molar-refractivity contribution < 1.29 is 32.6 Å². The molecule has 1 saturated heterocycles. The third kappa shape index (κ3) is 6.81. The number of thioether (sulfide) groups is 1. The Kier molecular flexibility index (Phi) is 10.2. The van der Waals surface area contributed by atoms with Crippen molar-refractivity contribution in [3.05, 3.63) is 88.5 Å². The Hall–Kier alpha value is -3.34. The van der Waals surface area contributed by atoms with Crippen molar-refractivity contribution >= 4 is 35.3 Å². The minimum absolute atomic E-state index is 0. The summed E-state index contributed by atoms with van der Waals surface area (Å²) in [4.78, 5) is 23.7. The molecule has 0 bridgehead atoms. The van der Waals surface area contributed by atoms with E-state index in [1.807, 2.05) is 43.3 Å². The molecule has 0 aromatic heterocycles. The molecule has 2 amide bonds. The summed E-state index contributed by atoms with van der Waals surface area (Å²) in [5.74, 6) is -0.789. The average molecular weight is 579 g/mol. The number of methoxy groups -OCH3 is 3. The van der Waals surface area contributed by atoms with Gasteiger partial charge in [0.1, 0.15) is 0 Å². The van der Waals surface area contributed by atoms with Gasteiger partial charge in [0.25, 0.3) is 5.24 Å². The maximum Gasteiger partial charge on any atom is 0.286 e. The van der Waals surface area contributed by atoms with Crippen molar-refractivity contribution in [1.82, 2.24) is 10.6 Å². The lowest BCUT2D eigenvalue weighted by Crippen LogP contribution is -2.27. The molecule has 11 heteroatoms. The van der Waals surface area contributed by atoms with E-state index in [4.69, 9.17) is 14.2 Å². The van der Waals surface area contributed by atoms with Crippen molar-refractivity contribution in [3.63, 3.8) is 0 Å². The highest BCUT2D eigenvalue weighted by Gasteiger charge is 2.32. The van der Waals surface area contributed by atoms with Crippen LogP contribution in [-0.2, 0) is 11.2 Å². The van der Waals surface area contributed by atoms with Gasteiger partial charge < -0.3 is 14.2 Å². The van der Waals surface area contributed by atoms with Crippen LogP contribution in [0.15, 0.2) is 54.6 Å². The van der Waals surface area contributed by atoms with E-state index in [2.05, 4.69) is 10.6 Å². The lowest BCUT2D eigenvalue weighted by atomic mass is 9.93. The van der Waals surface area contributed by atoms with E-state index in [-0.39, 0.29) is 29.6 Å². The van der Waals surface area contributed by atoms with Gasteiger partial charge in [0.15, 0.2) is 23.1 Å². The molecule has 4 rings (SSSR count). The number of amides is 2. The molecule has 0 radical (unpaired) electrons. The van der Waals surface area contributed by atoms with Crippen molar-refractivity contribution in [3.8, 4) is 17.2 Å². The molecule has 7 nitrogen and oxygen atoms in total. The van der Waals surface area contributed by atoms with Crippen LogP contribution in [0.3, 0.4) is 0 Å². The summed E-state index contributed by atoms with van der Waals surface area (Å²) in [7, 11) is 4.58. The summed E-state index contributed by atoms with van der Waals surface area (Å²) in [6.45, 7) is 1.85. The topological polar surface area (TPSA) is 85.9 Å². The first-order chi connectivity index (χ1) is 18.2. The Morgan fingerprint density at radius 2 is 1.59 bits per heavy atom. The zero-order valence-electron chi connectivity index (χ0n) is 21.7. The minimum Gasteiger partial charge on any atom is -0.493 e. The molecular formula is C28H29ClF2N2O5S. The van der Waals surface area contributed by atoms with Gasteiger partial charge in [-0.25, -0.2) is 8.78 Å².